The molecule has 0 aliphatic carbocycles. The van der Waals surface area contributed by atoms with Crippen LogP contribution in [0.4, 0.5) is 10.1 Å². The first-order chi connectivity index (χ1) is 28.3. The van der Waals surface area contributed by atoms with Crippen LogP contribution in [0.25, 0.3) is 0 Å². The summed E-state index contributed by atoms with van der Waals surface area (Å²) in [6, 6.07) is 31.9. The predicted octanol–water partition coefficient (Wildman–Crippen LogP) is 7.80. The first-order valence-corrected chi connectivity index (χ1v) is 19.0. The fraction of sp³-hybridized carbons (Fsp3) is 0.213. The van der Waals surface area contributed by atoms with E-state index in [1.807, 2.05) is 66.7 Å². The van der Waals surface area contributed by atoms with Gasteiger partial charge in [-0.1, -0.05) is 72.8 Å². The number of fused-ring (bicyclic) bond motifs is 2. The van der Waals surface area contributed by atoms with Crippen LogP contribution in [-0.4, -0.2) is 73.3 Å². The Morgan fingerprint density at radius 1 is 0.845 bits per heavy atom. The Balaban J connectivity index is 1.42. The van der Waals surface area contributed by atoms with Gasteiger partial charge in [-0.15, -0.1) is 13.2 Å². The highest BCUT2D eigenvalue weighted by Gasteiger charge is 2.49. The molecule has 0 spiro atoms. The van der Waals surface area contributed by atoms with Crippen molar-refractivity contribution < 1.29 is 37.7 Å². The van der Waals surface area contributed by atoms with Gasteiger partial charge in [0, 0.05) is 42.3 Å². The number of rotatable bonds is 16. The number of methoxy groups -OCH3 is 1. The van der Waals surface area contributed by atoms with E-state index in [9.17, 15) is 14.0 Å². The highest BCUT2D eigenvalue weighted by molar-refractivity contribution is 6.08. The SMILES string of the molecule is C=CCOC[C@@H]1[C@@H](N(Cc2ccc(OC)cc2)C(=O)[C@H](Cc2ccccc2)N(CC=C)C(=O)c2ccc(F)cc2)c2cc3c(cc2N1C(=O)c1ccccc1)OCO3. The summed E-state index contributed by atoms with van der Waals surface area (Å²) < 4.78 is 37.4. The molecule has 0 saturated carbocycles. The maximum absolute atomic E-state index is 15.9. The highest BCUT2D eigenvalue weighted by atomic mass is 19.1. The summed E-state index contributed by atoms with van der Waals surface area (Å²) in [5, 5.41) is 0. The second-order valence-corrected chi connectivity index (χ2v) is 13.9. The molecule has 0 radical (unpaired) electrons. The second kappa shape index (κ2) is 18.0. The largest absolute Gasteiger partial charge is 0.497 e. The van der Waals surface area contributed by atoms with Crippen LogP contribution in [0.5, 0.6) is 17.2 Å². The Morgan fingerprint density at radius 2 is 1.52 bits per heavy atom. The van der Waals surface area contributed by atoms with Crippen LogP contribution in [0.1, 0.15) is 43.4 Å². The van der Waals surface area contributed by atoms with Crippen molar-refractivity contribution in [3.63, 3.8) is 0 Å². The van der Waals surface area contributed by atoms with Crippen molar-refractivity contribution in [3.8, 4) is 17.2 Å². The van der Waals surface area contributed by atoms with Gasteiger partial charge in [-0.2, -0.15) is 0 Å². The fourth-order valence-corrected chi connectivity index (χ4v) is 7.56. The van der Waals surface area contributed by atoms with Crippen molar-refractivity contribution in [2.45, 2.75) is 31.1 Å². The molecular formula is C47H44FN3O7. The normalized spacial score (nSPS) is 15.6. The van der Waals surface area contributed by atoms with Crippen LogP contribution in [0.2, 0.25) is 0 Å². The lowest BCUT2D eigenvalue weighted by molar-refractivity contribution is -0.140. The van der Waals surface area contributed by atoms with Crippen molar-refractivity contribution in [2.24, 2.45) is 0 Å². The highest BCUT2D eigenvalue weighted by Crippen LogP contribution is 2.50. The summed E-state index contributed by atoms with van der Waals surface area (Å²) in [5.74, 6) is -0.0786. The molecule has 3 amide bonds. The molecule has 7 rings (SSSR count). The van der Waals surface area contributed by atoms with E-state index >= 15 is 4.79 Å². The third-order valence-electron chi connectivity index (χ3n) is 10.3. The van der Waals surface area contributed by atoms with E-state index in [0.717, 1.165) is 11.1 Å². The van der Waals surface area contributed by atoms with Crippen molar-refractivity contribution in [2.75, 3.05) is 38.6 Å². The topological polar surface area (TPSA) is 97.9 Å². The monoisotopic (exact) mass is 781 g/mol. The molecule has 0 N–H and O–H groups in total. The minimum Gasteiger partial charge on any atom is -0.497 e. The minimum absolute atomic E-state index is 0.00292. The number of hydrogen-bond acceptors (Lipinski definition) is 7. The molecular weight excluding hydrogens is 738 g/mol. The zero-order valence-corrected chi connectivity index (χ0v) is 32.2. The molecule has 58 heavy (non-hydrogen) atoms. The van der Waals surface area contributed by atoms with Crippen molar-refractivity contribution in [1.29, 1.82) is 0 Å². The Hall–Kier alpha value is -6.72. The molecule has 0 fully saturated rings. The second-order valence-electron chi connectivity index (χ2n) is 13.9. The van der Waals surface area contributed by atoms with E-state index in [1.165, 1.54) is 29.2 Å². The number of halogens is 1. The molecule has 5 aromatic carbocycles. The number of anilines is 1. The Labute approximate surface area is 337 Å². The number of carbonyl (C=O) groups excluding carboxylic acids is 3. The molecule has 0 aromatic heterocycles. The van der Waals surface area contributed by atoms with E-state index in [1.54, 1.807) is 59.4 Å². The van der Waals surface area contributed by atoms with Crippen molar-refractivity contribution >= 4 is 23.4 Å². The van der Waals surface area contributed by atoms with E-state index in [-0.39, 0.29) is 51.0 Å². The number of nitrogens with zero attached hydrogens (tertiary/aromatic N) is 3. The quantitative estimate of drug-likeness (QED) is 0.0745. The molecule has 0 saturated heterocycles. The molecule has 3 atom stereocenters. The summed E-state index contributed by atoms with van der Waals surface area (Å²) in [7, 11) is 1.58. The fourth-order valence-electron chi connectivity index (χ4n) is 7.56. The zero-order chi connectivity index (χ0) is 40.6. The molecule has 296 valence electrons. The van der Waals surface area contributed by atoms with E-state index in [0.29, 0.717) is 34.1 Å². The van der Waals surface area contributed by atoms with Gasteiger partial charge in [0.2, 0.25) is 12.7 Å². The number of amides is 3. The summed E-state index contributed by atoms with van der Waals surface area (Å²) in [4.78, 5) is 50.0. The van der Waals surface area contributed by atoms with Crippen LogP contribution < -0.4 is 19.1 Å². The van der Waals surface area contributed by atoms with Gasteiger partial charge in [-0.25, -0.2) is 4.39 Å². The lowest BCUT2D eigenvalue weighted by Crippen LogP contribution is -2.55. The van der Waals surface area contributed by atoms with Crippen LogP contribution in [0.15, 0.2) is 147 Å². The van der Waals surface area contributed by atoms with Crippen LogP contribution >= 0.6 is 0 Å². The third-order valence-corrected chi connectivity index (χ3v) is 10.3. The molecule has 2 aliphatic rings. The van der Waals surface area contributed by atoms with Crippen molar-refractivity contribution in [1.82, 2.24) is 9.80 Å². The van der Waals surface area contributed by atoms with Crippen LogP contribution in [0, 0.1) is 5.82 Å². The molecule has 2 aliphatic heterocycles. The van der Waals surface area contributed by atoms with E-state index in [2.05, 4.69) is 13.2 Å². The maximum Gasteiger partial charge on any atom is 0.258 e. The molecule has 0 bridgehead atoms. The number of ether oxygens (including phenoxy) is 4. The van der Waals surface area contributed by atoms with Crippen molar-refractivity contribution in [3.05, 3.63) is 180 Å². The Morgan fingerprint density at radius 3 is 2.17 bits per heavy atom. The third kappa shape index (κ3) is 8.35. The number of hydrogen-bond donors (Lipinski definition) is 0. The smallest absolute Gasteiger partial charge is 0.258 e. The summed E-state index contributed by atoms with van der Waals surface area (Å²) in [6.07, 6.45) is 3.34. The average molecular weight is 782 g/mol. The average Bonchev–Trinajstić information content (AvgIpc) is 3.85. The standard InChI is InChI=1S/C47H44FN3O7/c1-4-24-49(45(52)35-18-20-36(48)21-19-35)40(26-32-12-8-6-9-13-32)47(54)50(29-33-16-22-37(55-3)23-17-33)44-38-27-42-43(58-31-57-42)28-39(38)51(41(44)30-56-25-5-2)46(53)34-14-10-7-11-15-34/h4-23,27-28,40-41,44H,1-2,24-26,29-31H2,3H3/t40-,41+,44-/m0/s1. The van der Waals surface area contributed by atoms with Crippen LogP contribution in [-0.2, 0) is 22.5 Å². The predicted molar refractivity (Wildman–Crippen MR) is 218 cm³/mol. The zero-order valence-electron chi connectivity index (χ0n) is 32.2. The number of carbonyl (C=O) groups is 3. The van der Waals surface area contributed by atoms with Gasteiger partial charge < -0.3 is 33.6 Å². The van der Waals surface area contributed by atoms with Gasteiger partial charge in [0.15, 0.2) is 11.5 Å². The van der Waals surface area contributed by atoms with Gasteiger partial charge >= 0.3 is 0 Å². The first-order valence-electron chi connectivity index (χ1n) is 19.0. The van der Waals surface area contributed by atoms with Gasteiger partial charge in [0.25, 0.3) is 11.8 Å². The molecule has 0 unspecified atom stereocenters. The van der Waals surface area contributed by atoms with Crippen LogP contribution in [0.3, 0.4) is 0 Å². The molecule has 11 heteroatoms. The first kappa shape index (κ1) is 39.5. The van der Waals surface area contributed by atoms with Gasteiger partial charge in [-0.05, 0) is 65.7 Å². The summed E-state index contributed by atoms with van der Waals surface area (Å²) >= 11 is 0. The molecule has 10 nitrogen and oxygen atoms in total. The minimum atomic E-state index is -1.08. The Kier molecular flexibility index (Phi) is 12.3. The summed E-state index contributed by atoms with van der Waals surface area (Å²) in [5.41, 5.74) is 3.42. The maximum atomic E-state index is 15.9. The lowest BCUT2D eigenvalue weighted by Gasteiger charge is -2.40. The summed E-state index contributed by atoms with van der Waals surface area (Å²) in [6.45, 7) is 8.06. The Bertz CT molecular complexity index is 2250. The van der Waals surface area contributed by atoms with Gasteiger partial charge in [-0.3, -0.25) is 14.4 Å². The molecule has 5 aromatic rings. The van der Waals surface area contributed by atoms with E-state index < -0.39 is 35.8 Å². The lowest BCUT2D eigenvalue weighted by atomic mass is 9.96. The van der Waals surface area contributed by atoms with Gasteiger partial charge in [0.1, 0.15) is 17.6 Å². The molecule has 2 heterocycles. The number of benzene rings is 5. The van der Waals surface area contributed by atoms with Gasteiger partial charge in [0.05, 0.1) is 38.1 Å². The van der Waals surface area contributed by atoms with E-state index in [4.69, 9.17) is 18.9 Å².